The molecule has 2 aromatic carbocycles. The van der Waals surface area contributed by atoms with E-state index in [0.717, 1.165) is 42.1 Å². The van der Waals surface area contributed by atoms with Crippen LogP contribution in [-0.2, 0) is 15.1 Å². The van der Waals surface area contributed by atoms with Crippen molar-refractivity contribution in [1.82, 2.24) is 10.2 Å². The summed E-state index contributed by atoms with van der Waals surface area (Å²) in [4.78, 5) is 41.0. The molecule has 7 heteroatoms. The van der Waals surface area contributed by atoms with Gasteiger partial charge < -0.3 is 15.5 Å². The number of amides is 4. The number of anilines is 1. The molecule has 2 aromatic rings. The SMILES string of the molecule is CC[C@]1(c2ccccc2)NC(=O)N(C[NH+]2CCC(C(=O)Nc3ccccc3)CC2)C1=O. The summed E-state index contributed by atoms with van der Waals surface area (Å²) in [5, 5.41) is 5.91. The topological polar surface area (TPSA) is 82.9 Å². The number of hydrogen-bond acceptors (Lipinski definition) is 3. The van der Waals surface area contributed by atoms with Crippen LogP contribution >= 0.6 is 0 Å². The molecule has 0 unspecified atom stereocenters. The Labute approximate surface area is 182 Å². The fourth-order valence-electron chi connectivity index (χ4n) is 4.57. The van der Waals surface area contributed by atoms with E-state index in [9.17, 15) is 14.4 Å². The van der Waals surface area contributed by atoms with Gasteiger partial charge in [0, 0.05) is 24.4 Å². The molecule has 0 spiro atoms. The molecule has 31 heavy (non-hydrogen) atoms. The number of imide groups is 1. The van der Waals surface area contributed by atoms with Crippen LogP contribution in [-0.4, -0.2) is 42.5 Å². The number of likely N-dealkylation sites (tertiary alicyclic amines) is 1. The summed E-state index contributed by atoms with van der Waals surface area (Å²) in [6.45, 7) is 3.73. The largest absolute Gasteiger partial charge is 0.329 e. The van der Waals surface area contributed by atoms with Gasteiger partial charge in [0.25, 0.3) is 5.91 Å². The molecule has 3 N–H and O–H groups in total. The van der Waals surface area contributed by atoms with Crippen LogP contribution in [0.4, 0.5) is 10.5 Å². The summed E-state index contributed by atoms with van der Waals surface area (Å²) in [6, 6.07) is 18.5. The molecule has 4 rings (SSSR count). The molecule has 2 fully saturated rings. The molecule has 0 aliphatic carbocycles. The van der Waals surface area contributed by atoms with Crippen LogP contribution < -0.4 is 15.5 Å². The molecule has 2 heterocycles. The summed E-state index contributed by atoms with van der Waals surface area (Å²) in [6.07, 6.45) is 1.96. The van der Waals surface area contributed by atoms with Gasteiger partial charge in [0.05, 0.1) is 13.1 Å². The second-order valence-electron chi connectivity index (χ2n) is 8.33. The van der Waals surface area contributed by atoms with Crippen molar-refractivity contribution < 1.29 is 19.3 Å². The van der Waals surface area contributed by atoms with E-state index in [2.05, 4.69) is 10.6 Å². The summed E-state index contributed by atoms with van der Waals surface area (Å²) in [5.41, 5.74) is 0.620. The lowest BCUT2D eigenvalue weighted by Gasteiger charge is -2.31. The molecule has 2 aliphatic heterocycles. The summed E-state index contributed by atoms with van der Waals surface area (Å²) >= 11 is 0. The van der Waals surface area contributed by atoms with E-state index in [1.54, 1.807) is 0 Å². The van der Waals surface area contributed by atoms with Gasteiger partial charge in [0.15, 0.2) is 6.67 Å². The number of para-hydroxylation sites is 1. The van der Waals surface area contributed by atoms with Crippen LogP contribution in [0.2, 0.25) is 0 Å². The number of rotatable bonds is 6. The molecule has 1 atom stereocenters. The van der Waals surface area contributed by atoms with E-state index in [-0.39, 0.29) is 23.8 Å². The molecule has 0 aromatic heterocycles. The second kappa shape index (κ2) is 8.89. The molecule has 4 amide bonds. The molecule has 162 valence electrons. The quantitative estimate of drug-likeness (QED) is 0.622. The number of benzene rings is 2. The van der Waals surface area contributed by atoms with Crippen LogP contribution in [0.25, 0.3) is 0 Å². The van der Waals surface area contributed by atoms with E-state index < -0.39 is 5.54 Å². The number of carbonyl (C=O) groups excluding carboxylic acids is 3. The van der Waals surface area contributed by atoms with Gasteiger partial charge in [0.2, 0.25) is 5.91 Å². The fraction of sp³-hybridized carbons (Fsp3) is 0.375. The van der Waals surface area contributed by atoms with E-state index in [1.807, 2.05) is 67.6 Å². The monoisotopic (exact) mass is 421 g/mol. The number of nitrogens with zero attached hydrogens (tertiary/aromatic N) is 1. The highest BCUT2D eigenvalue weighted by Gasteiger charge is 2.52. The van der Waals surface area contributed by atoms with E-state index >= 15 is 0 Å². The van der Waals surface area contributed by atoms with Gasteiger partial charge in [-0.25, -0.2) is 9.69 Å². The first-order chi connectivity index (χ1) is 15.0. The lowest BCUT2D eigenvalue weighted by atomic mass is 9.87. The lowest BCUT2D eigenvalue weighted by molar-refractivity contribution is -0.912. The zero-order valence-electron chi connectivity index (χ0n) is 17.8. The summed E-state index contributed by atoms with van der Waals surface area (Å²) < 4.78 is 0. The number of nitrogens with one attached hydrogen (secondary N) is 3. The third kappa shape index (κ3) is 4.18. The van der Waals surface area contributed by atoms with Crippen LogP contribution in [0.3, 0.4) is 0 Å². The number of piperidine rings is 1. The van der Waals surface area contributed by atoms with Gasteiger partial charge in [-0.3, -0.25) is 9.59 Å². The minimum absolute atomic E-state index is 0.0364. The number of hydrogen-bond donors (Lipinski definition) is 3. The highest BCUT2D eigenvalue weighted by molar-refractivity contribution is 6.07. The summed E-state index contributed by atoms with van der Waals surface area (Å²) in [7, 11) is 0. The van der Waals surface area contributed by atoms with Crippen LogP contribution in [0.15, 0.2) is 60.7 Å². The fourth-order valence-corrected chi connectivity index (χ4v) is 4.57. The van der Waals surface area contributed by atoms with Crippen molar-refractivity contribution in [2.45, 2.75) is 31.7 Å². The Morgan fingerprint density at radius 1 is 1.06 bits per heavy atom. The molecule has 2 aliphatic rings. The maximum absolute atomic E-state index is 13.3. The van der Waals surface area contributed by atoms with Gasteiger partial charge in [-0.15, -0.1) is 0 Å². The lowest BCUT2D eigenvalue weighted by Crippen LogP contribution is -3.14. The average Bonchev–Trinajstić information content (AvgIpc) is 3.06. The average molecular weight is 422 g/mol. The van der Waals surface area contributed by atoms with Crippen molar-refractivity contribution in [2.75, 3.05) is 25.1 Å². The second-order valence-corrected chi connectivity index (χ2v) is 8.33. The normalized spacial score (nSPS) is 25.9. The maximum atomic E-state index is 13.3. The molecular formula is C24H29N4O3+. The van der Waals surface area contributed by atoms with Crippen LogP contribution in [0.5, 0.6) is 0 Å². The Hall–Kier alpha value is -3.19. The highest BCUT2D eigenvalue weighted by atomic mass is 16.2. The predicted octanol–water partition coefficient (Wildman–Crippen LogP) is 1.73. The van der Waals surface area contributed by atoms with Crippen LogP contribution in [0, 0.1) is 5.92 Å². The Morgan fingerprint density at radius 2 is 1.68 bits per heavy atom. The maximum Gasteiger partial charge on any atom is 0.329 e. The third-order valence-corrected chi connectivity index (χ3v) is 6.46. The van der Waals surface area contributed by atoms with E-state index in [4.69, 9.17) is 0 Å². The predicted molar refractivity (Wildman–Crippen MR) is 117 cm³/mol. The molecule has 0 saturated carbocycles. The first-order valence-electron chi connectivity index (χ1n) is 10.9. The Balaban J connectivity index is 1.36. The number of urea groups is 1. The van der Waals surface area contributed by atoms with Gasteiger partial charge in [-0.1, -0.05) is 55.5 Å². The van der Waals surface area contributed by atoms with Gasteiger partial charge in [-0.2, -0.15) is 0 Å². The standard InChI is InChI=1S/C24H28N4O3/c1-2-24(19-9-5-3-6-10-19)22(30)28(23(31)26-24)17-27-15-13-18(14-16-27)21(29)25-20-11-7-4-8-12-20/h3-12,18H,2,13-17H2,1H3,(H,25,29)(H,26,31)/p+1/t24-/m1/s1. The van der Waals surface area contributed by atoms with E-state index in [0.29, 0.717) is 13.1 Å². The zero-order valence-corrected chi connectivity index (χ0v) is 17.8. The minimum Gasteiger partial charge on any atom is -0.326 e. The van der Waals surface area contributed by atoms with Crippen molar-refractivity contribution in [3.63, 3.8) is 0 Å². The first-order valence-corrected chi connectivity index (χ1v) is 10.9. The molecule has 0 bridgehead atoms. The first kappa shape index (κ1) is 21.1. The van der Waals surface area contributed by atoms with E-state index in [1.165, 1.54) is 4.90 Å². The van der Waals surface area contributed by atoms with Crippen molar-refractivity contribution in [1.29, 1.82) is 0 Å². The third-order valence-electron chi connectivity index (χ3n) is 6.46. The van der Waals surface area contributed by atoms with Crippen molar-refractivity contribution in [3.8, 4) is 0 Å². The Bertz CT molecular complexity index is 942. The molecule has 7 nitrogen and oxygen atoms in total. The van der Waals surface area contributed by atoms with Gasteiger partial charge >= 0.3 is 6.03 Å². The Kier molecular flexibility index (Phi) is 6.04. The molecule has 2 saturated heterocycles. The minimum atomic E-state index is -0.994. The van der Waals surface area contributed by atoms with Crippen molar-refractivity contribution >= 4 is 23.5 Å². The van der Waals surface area contributed by atoms with Crippen molar-refractivity contribution in [3.05, 3.63) is 66.2 Å². The van der Waals surface area contributed by atoms with Gasteiger partial charge in [-0.05, 0) is 24.1 Å². The molecule has 0 radical (unpaired) electrons. The molecular weight excluding hydrogens is 392 g/mol. The van der Waals surface area contributed by atoms with Gasteiger partial charge in [0.1, 0.15) is 5.54 Å². The summed E-state index contributed by atoms with van der Waals surface area (Å²) in [5.74, 6) is -0.205. The number of quaternary nitrogens is 1. The number of carbonyl (C=O) groups is 3. The highest BCUT2D eigenvalue weighted by Crippen LogP contribution is 2.31. The Morgan fingerprint density at radius 3 is 2.29 bits per heavy atom. The van der Waals surface area contributed by atoms with Crippen molar-refractivity contribution in [2.24, 2.45) is 5.92 Å². The zero-order chi connectivity index (χ0) is 21.8. The van der Waals surface area contributed by atoms with Crippen LogP contribution in [0.1, 0.15) is 31.7 Å². The smallest absolute Gasteiger partial charge is 0.326 e.